The summed E-state index contributed by atoms with van der Waals surface area (Å²) in [5, 5.41) is 4.91. The van der Waals surface area contributed by atoms with E-state index >= 15 is 0 Å². The van der Waals surface area contributed by atoms with Gasteiger partial charge in [0.2, 0.25) is 5.91 Å². The van der Waals surface area contributed by atoms with E-state index in [4.69, 9.17) is 4.74 Å². The minimum Gasteiger partial charge on any atom is -0.468 e. The number of esters is 1. The van der Waals surface area contributed by atoms with Crippen LogP contribution in [0.15, 0.2) is 0 Å². The third kappa shape index (κ3) is 4.17. The molecule has 1 heterocycles. The Labute approximate surface area is 116 Å². The second-order valence-electron chi connectivity index (χ2n) is 4.88. The number of imide groups is 1. The van der Waals surface area contributed by atoms with Crippen LogP contribution in [0.1, 0.15) is 12.8 Å². The van der Waals surface area contributed by atoms with E-state index in [-0.39, 0.29) is 19.2 Å². The maximum atomic E-state index is 11.8. The van der Waals surface area contributed by atoms with Gasteiger partial charge in [-0.15, -0.1) is 0 Å². The maximum absolute atomic E-state index is 11.8. The second-order valence-corrected chi connectivity index (χ2v) is 4.88. The van der Waals surface area contributed by atoms with Crippen LogP contribution < -0.4 is 10.6 Å². The van der Waals surface area contributed by atoms with Crippen molar-refractivity contribution in [2.24, 2.45) is 0 Å². The van der Waals surface area contributed by atoms with E-state index in [0.717, 1.165) is 12.8 Å². The third-order valence-electron chi connectivity index (χ3n) is 3.22. The lowest BCUT2D eigenvalue weighted by molar-refractivity contribution is -0.153. The first-order valence-corrected chi connectivity index (χ1v) is 6.60. The predicted octanol–water partition coefficient (Wildman–Crippen LogP) is -1.15. The zero-order valence-electron chi connectivity index (χ0n) is 11.4. The number of amides is 3. The molecule has 2 rings (SSSR count). The number of morpholine rings is 1. The normalized spacial score (nSPS) is 22.9. The van der Waals surface area contributed by atoms with E-state index in [2.05, 4.69) is 15.4 Å². The van der Waals surface area contributed by atoms with Crippen LogP contribution in [0.5, 0.6) is 0 Å². The fraction of sp³-hybridized carbons (Fsp3) is 0.750. The molecule has 0 aromatic heterocycles. The molecule has 0 bridgehead atoms. The zero-order valence-corrected chi connectivity index (χ0v) is 11.4. The predicted molar refractivity (Wildman–Crippen MR) is 67.9 cm³/mol. The summed E-state index contributed by atoms with van der Waals surface area (Å²) < 4.78 is 9.88. The Kier molecular flexibility index (Phi) is 4.91. The highest BCUT2D eigenvalue weighted by Crippen LogP contribution is 2.18. The van der Waals surface area contributed by atoms with Gasteiger partial charge >= 0.3 is 12.0 Å². The number of hydrogen-bond acceptors (Lipinski definition) is 6. The molecule has 8 heteroatoms. The van der Waals surface area contributed by atoms with Crippen molar-refractivity contribution in [2.75, 3.05) is 33.4 Å². The van der Waals surface area contributed by atoms with Crippen molar-refractivity contribution >= 4 is 17.9 Å². The lowest BCUT2D eigenvalue weighted by atomic mass is 10.2. The molecular formula is C12H19N3O5. The summed E-state index contributed by atoms with van der Waals surface area (Å²) in [7, 11) is 1.29. The highest BCUT2D eigenvalue weighted by Gasteiger charge is 2.32. The van der Waals surface area contributed by atoms with E-state index in [9.17, 15) is 14.4 Å². The molecule has 1 aliphatic heterocycles. The van der Waals surface area contributed by atoms with Gasteiger partial charge in [0.1, 0.15) is 6.04 Å². The van der Waals surface area contributed by atoms with Crippen molar-refractivity contribution in [3.63, 3.8) is 0 Å². The summed E-state index contributed by atoms with van der Waals surface area (Å²) in [5.74, 6) is -0.890. The van der Waals surface area contributed by atoms with Gasteiger partial charge in [0.15, 0.2) is 0 Å². The van der Waals surface area contributed by atoms with E-state index in [1.165, 1.54) is 7.11 Å². The summed E-state index contributed by atoms with van der Waals surface area (Å²) >= 11 is 0. The SMILES string of the molecule is COC(=O)C1COCCN1CC(=O)NC(=O)NC1CC1. The maximum Gasteiger partial charge on any atom is 0.325 e. The van der Waals surface area contributed by atoms with Gasteiger partial charge in [-0.25, -0.2) is 4.79 Å². The van der Waals surface area contributed by atoms with Gasteiger partial charge in [-0.2, -0.15) is 0 Å². The quantitative estimate of drug-likeness (QED) is 0.633. The summed E-state index contributed by atoms with van der Waals surface area (Å²) in [5.41, 5.74) is 0. The molecule has 1 saturated heterocycles. The van der Waals surface area contributed by atoms with Crippen molar-refractivity contribution in [3.8, 4) is 0 Å². The third-order valence-corrected chi connectivity index (χ3v) is 3.22. The molecule has 112 valence electrons. The highest BCUT2D eigenvalue weighted by atomic mass is 16.5. The van der Waals surface area contributed by atoms with Crippen LogP contribution in [0.2, 0.25) is 0 Å². The Bertz CT molecular complexity index is 397. The van der Waals surface area contributed by atoms with Crippen molar-refractivity contribution in [1.29, 1.82) is 0 Å². The van der Waals surface area contributed by atoms with Gasteiger partial charge in [0, 0.05) is 12.6 Å². The van der Waals surface area contributed by atoms with Crippen LogP contribution in [0.4, 0.5) is 4.79 Å². The Balaban J connectivity index is 1.80. The van der Waals surface area contributed by atoms with Crippen molar-refractivity contribution in [3.05, 3.63) is 0 Å². The largest absolute Gasteiger partial charge is 0.468 e. The number of carbonyl (C=O) groups excluding carboxylic acids is 3. The zero-order chi connectivity index (χ0) is 14.5. The van der Waals surface area contributed by atoms with Crippen LogP contribution >= 0.6 is 0 Å². The first-order valence-electron chi connectivity index (χ1n) is 6.60. The van der Waals surface area contributed by atoms with E-state index < -0.39 is 23.9 Å². The molecule has 20 heavy (non-hydrogen) atoms. The van der Waals surface area contributed by atoms with Crippen LogP contribution in [0, 0.1) is 0 Å². The average Bonchev–Trinajstić information content (AvgIpc) is 3.22. The Morgan fingerprint density at radius 2 is 2.10 bits per heavy atom. The smallest absolute Gasteiger partial charge is 0.325 e. The number of urea groups is 1. The average molecular weight is 285 g/mol. The Morgan fingerprint density at radius 1 is 1.35 bits per heavy atom. The molecule has 1 saturated carbocycles. The van der Waals surface area contributed by atoms with Crippen LogP contribution in [0.25, 0.3) is 0 Å². The van der Waals surface area contributed by atoms with Gasteiger partial charge in [0.05, 0.1) is 26.9 Å². The summed E-state index contributed by atoms with van der Waals surface area (Å²) in [4.78, 5) is 36.4. The Morgan fingerprint density at radius 3 is 2.75 bits per heavy atom. The summed E-state index contributed by atoms with van der Waals surface area (Å²) in [6, 6.07) is -0.902. The molecule has 2 fully saturated rings. The standard InChI is InChI=1S/C12H19N3O5/c1-19-11(17)9-7-20-5-4-15(9)6-10(16)14-12(18)13-8-2-3-8/h8-9H,2-7H2,1H3,(H2,13,14,16,18). The lowest BCUT2D eigenvalue weighted by Crippen LogP contribution is -2.54. The number of rotatable bonds is 4. The Hall–Kier alpha value is -1.67. The van der Waals surface area contributed by atoms with E-state index in [0.29, 0.717) is 13.2 Å². The molecule has 1 aliphatic carbocycles. The van der Waals surface area contributed by atoms with Crippen molar-refractivity contribution in [2.45, 2.75) is 24.9 Å². The number of carbonyl (C=O) groups is 3. The molecule has 1 atom stereocenters. The number of hydrogen-bond donors (Lipinski definition) is 2. The monoisotopic (exact) mass is 285 g/mol. The van der Waals surface area contributed by atoms with E-state index in [1.807, 2.05) is 0 Å². The summed E-state index contributed by atoms with van der Waals surface area (Å²) in [6.45, 7) is 1.03. The fourth-order valence-corrected chi connectivity index (χ4v) is 1.98. The summed E-state index contributed by atoms with van der Waals surface area (Å²) in [6.07, 6.45) is 1.91. The molecule has 0 radical (unpaired) electrons. The molecule has 8 nitrogen and oxygen atoms in total. The molecule has 0 aromatic rings. The van der Waals surface area contributed by atoms with Gasteiger partial charge in [0.25, 0.3) is 0 Å². The first kappa shape index (κ1) is 14.7. The molecule has 0 aromatic carbocycles. The van der Waals surface area contributed by atoms with Crippen molar-refractivity contribution < 1.29 is 23.9 Å². The van der Waals surface area contributed by atoms with Crippen LogP contribution in [0.3, 0.4) is 0 Å². The molecule has 2 aliphatic rings. The van der Waals surface area contributed by atoms with Crippen LogP contribution in [-0.2, 0) is 19.1 Å². The van der Waals surface area contributed by atoms with Crippen LogP contribution in [-0.4, -0.2) is 68.3 Å². The fourth-order valence-electron chi connectivity index (χ4n) is 1.98. The molecule has 3 amide bonds. The van der Waals surface area contributed by atoms with E-state index in [1.54, 1.807) is 4.90 Å². The molecule has 1 unspecified atom stereocenters. The number of methoxy groups -OCH3 is 1. The number of nitrogens with one attached hydrogen (secondary N) is 2. The van der Waals surface area contributed by atoms with Crippen molar-refractivity contribution in [1.82, 2.24) is 15.5 Å². The van der Waals surface area contributed by atoms with Gasteiger partial charge < -0.3 is 14.8 Å². The topological polar surface area (TPSA) is 97.0 Å². The second kappa shape index (κ2) is 6.67. The minimum atomic E-state index is -0.606. The molecular weight excluding hydrogens is 266 g/mol. The van der Waals surface area contributed by atoms with Gasteiger partial charge in [-0.05, 0) is 12.8 Å². The number of ether oxygens (including phenoxy) is 2. The van der Waals surface area contributed by atoms with Gasteiger partial charge in [-0.3, -0.25) is 19.8 Å². The molecule has 0 spiro atoms. The lowest BCUT2D eigenvalue weighted by Gasteiger charge is -2.32. The highest BCUT2D eigenvalue weighted by molar-refractivity contribution is 5.95. The minimum absolute atomic E-state index is 0.0405. The van der Waals surface area contributed by atoms with Gasteiger partial charge in [-0.1, -0.05) is 0 Å². The first-order chi connectivity index (χ1) is 9.60. The molecule has 2 N–H and O–H groups in total. The number of nitrogens with zero attached hydrogens (tertiary/aromatic N) is 1.